The molecule has 0 amide bonds. The molecule has 0 aliphatic heterocycles. The quantitative estimate of drug-likeness (QED) is 0.715. The fourth-order valence-electron chi connectivity index (χ4n) is 0.937. The summed E-state index contributed by atoms with van der Waals surface area (Å²) < 4.78 is 13.5. The number of rotatable bonds is 2. The van der Waals surface area contributed by atoms with Crippen molar-refractivity contribution in [2.75, 3.05) is 0 Å². The summed E-state index contributed by atoms with van der Waals surface area (Å²) in [5.74, 6) is -0.586. The van der Waals surface area contributed by atoms with Gasteiger partial charge in [0.05, 0.1) is 0 Å². The van der Waals surface area contributed by atoms with E-state index in [0.717, 1.165) is 10.8 Å². The maximum absolute atomic E-state index is 12.7. The summed E-state index contributed by atoms with van der Waals surface area (Å²) in [4.78, 5) is 10.4. The number of hydrogen-bond acceptors (Lipinski definition) is 1. The lowest BCUT2D eigenvalue weighted by molar-refractivity contribution is -0.108. The van der Waals surface area contributed by atoms with Crippen LogP contribution in [0.25, 0.3) is 0 Å². The van der Waals surface area contributed by atoms with Crippen LogP contribution in [0.2, 0.25) is 0 Å². The number of aldehydes is 1. The zero-order chi connectivity index (χ0) is 9.14. The predicted molar refractivity (Wildman–Crippen MR) is 48.6 cm³/mol. The van der Waals surface area contributed by atoms with Crippen molar-refractivity contribution in [1.29, 1.82) is 0 Å². The molecule has 3 heteroatoms. The van der Waals surface area contributed by atoms with Crippen LogP contribution >= 0.6 is 15.9 Å². The molecule has 0 aromatic heterocycles. The lowest BCUT2D eigenvalue weighted by Gasteiger charge is -2.06. The Morgan fingerprint density at radius 1 is 1.58 bits per heavy atom. The smallest absolute Gasteiger partial charge is 0.127 e. The number of halogens is 2. The van der Waals surface area contributed by atoms with Gasteiger partial charge in [-0.2, -0.15) is 0 Å². The topological polar surface area (TPSA) is 17.1 Å². The highest BCUT2D eigenvalue weighted by Gasteiger charge is 2.08. The first-order valence-corrected chi connectivity index (χ1v) is 4.34. The van der Waals surface area contributed by atoms with E-state index in [4.69, 9.17) is 0 Å². The summed E-state index contributed by atoms with van der Waals surface area (Å²) in [5, 5.41) is 0. The van der Waals surface area contributed by atoms with Gasteiger partial charge >= 0.3 is 0 Å². The Labute approximate surface area is 78.7 Å². The van der Waals surface area contributed by atoms with Gasteiger partial charge in [0, 0.05) is 10.4 Å². The van der Waals surface area contributed by atoms with E-state index in [9.17, 15) is 9.18 Å². The fraction of sp³-hybridized carbons (Fsp3) is 0.222. The second-order valence-corrected chi connectivity index (χ2v) is 3.44. The van der Waals surface area contributed by atoms with Crippen molar-refractivity contribution in [3.8, 4) is 0 Å². The number of hydrogen-bond donors (Lipinski definition) is 0. The molecular weight excluding hydrogens is 223 g/mol. The summed E-state index contributed by atoms with van der Waals surface area (Å²) in [6.45, 7) is 1.73. The van der Waals surface area contributed by atoms with E-state index >= 15 is 0 Å². The van der Waals surface area contributed by atoms with Crippen LogP contribution < -0.4 is 0 Å². The first-order chi connectivity index (χ1) is 5.65. The first-order valence-electron chi connectivity index (χ1n) is 3.55. The molecule has 0 saturated carbocycles. The summed E-state index contributed by atoms with van der Waals surface area (Å²) >= 11 is 3.25. The SMILES string of the molecule is CC(C=O)c1cc(F)ccc1Br. The van der Waals surface area contributed by atoms with Gasteiger partial charge in [-0.15, -0.1) is 0 Å². The number of benzene rings is 1. The van der Waals surface area contributed by atoms with E-state index in [-0.39, 0.29) is 11.7 Å². The van der Waals surface area contributed by atoms with E-state index < -0.39 is 0 Å². The Bertz CT molecular complexity index is 299. The maximum Gasteiger partial charge on any atom is 0.127 e. The van der Waals surface area contributed by atoms with Crippen molar-refractivity contribution in [2.24, 2.45) is 0 Å². The molecule has 0 spiro atoms. The molecule has 1 nitrogen and oxygen atoms in total. The molecule has 0 heterocycles. The van der Waals surface area contributed by atoms with Crippen LogP contribution in [0.3, 0.4) is 0 Å². The van der Waals surface area contributed by atoms with E-state index in [1.54, 1.807) is 13.0 Å². The third kappa shape index (κ3) is 1.91. The van der Waals surface area contributed by atoms with Crippen LogP contribution in [0.4, 0.5) is 4.39 Å². The van der Waals surface area contributed by atoms with Gasteiger partial charge in [0.25, 0.3) is 0 Å². The third-order valence-electron chi connectivity index (χ3n) is 1.65. The Morgan fingerprint density at radius 2 is 2.25 bits per heavy atom. The van der Waals surface area contributed by atoms with Crippen LogP contribution in [0.1, 0.15) is 18.4 Å². The highest BCUT2D eigenvalue weighted by Crippen LogP contribution is 2.24. The molecule has 0 aliphatic carbocycles. The molecule has 0 N–H and O–H groups in total. The Morgan fingerprint density at radius 3 is 2.83 bits per heavy atom. The highest BCUT2D eigenvalue weighted by molar-refractivity contribution is 9.10. The number of carbonyl (C=O) groups is 1. The van der Waals surface area contributed by atoms with Crippen molar-refractivity contribution in [3.63, 3.8) is 0 Å². The predicted octanol–water partition coefficient (Wildman–Crippen LogP) is 2.89. The van der Waals surface area contributed by atoms with Crippen LogP contribution in [0.5, 0.6) is 0 Å². The minimum Gasteiger partial charge on any atom is -0.303 e. The van der Waals surface area contributed by atoms with Gasteiger partial charge in [0.15, 0.2) is 0 Å². The molecule has 12 heavy (non-hydrogen) atoms. The Kier molecular flexibility index (Phi) is 2.98. The van der Waals surface area contributed by atoms with E-state index in [0.29, 0.717) is 5.56 Å². The van der Waals surface area contributed by atoms with Crippen molar-refractivity contribution in [1.82, 2.24) is 0 Å². The minimum absolute atomic E-state index is 0.268. The summed E-state index contributed by atoms with van der Waals surface area (Å²) in [6, 6.07) is 4.32. The molecule has 0 fully saturated rings. The normalized spacial score (nSPS) is 12.6. The largest absolute Gasteiger partial charge is 0.303 e. The van der Waals surface area contributed by atoms with Gasteiger partial charge < -0.3 is 4.79 Å². The molecule has 0 radical (unpaired) electrons. The van der Waals surface area contributed by atoms with Gasteiger partial charge in [-0.05, 0) is 23.8 Å². The van der Waals surface area contributed by atoms with Crippen molar-refractivity contribution < 1.29 is 9.18 Å². The van der Waals surface area contributed by atoms with Crippen LogP contribution in [0, 0.1) is 5.82 Å². The third-order valence-corrected chi connectivity index (χ3v) is 2.37. The summed E-state index contributed by atoms with van der Waals surface area (Å²) in [7, 11) is 0. The van der Waals surface area contributed by atoms with Crippen LogP contribution in [0.15, 0.2) is 22.7 Å². The van der Waals surface area contributed by atoms with Crippen molar-refractivity contribution in [3.05, 3.63) is 34.1 Å². The zero-order valence-electron chi connectivity index (χ0n) is 6.55. The standard InChI is InChI=1S/C9H8BrFO/c1-6(5-12)8-4-7(11)2-3-9(8)10/h2-6H,1H3. The van der Waals surface area contributed by atoms with E-state index in [2.05, 4.69) is 15.9 Å². The summed E-state index contributed by atoms with van der Waals surface area (Å²) in [6.07, 6.45) is 0.791. The van der Waals surface area contributed by atoms with Gasteiger partial charge in [0.2, 0.25) is 0 Å². The first kappa shape index (κ1) is 9.39. The van der Waals surface area contributed by atoms with Gasteiger partial charge in [-0.1, -0.05) is 22.9 Å². The lowest BCUT2D eigenvalue weighted by Crippen LogP contribution is -1.96. The van der Waals surface area contributed by atoms with Crippen LogP contribution in [-0.2, 0) is 4.79 Å². The minimum atomic E-state index is -0.318. The van der Waals surface area contributed by atoms with Crippen LogP contribution in [-0.4, -0.2) is 6.29 Å². The fourth-order valence-corrected chi connectivity index (χ4v) is 1.54. The molecule has 1 atom stereocenters. The van der Waals surface area contributed by atoms with Crippen molar-refractivity contribution >= 4 is 22.2 Å². The number of carbonyl (C=O) groups excluding carboxylic acids is 1. The zero-order valence-corrected chi connectivity index (χ0v) is 8.14. The van der Waals surface area contributed by atoms with Crippen molar-refractivity contribution in [2.45, 2.75) is 12.8 Å². The molecule has 1 rings (SSSR count). The van der Waals surface area contributed by atoms with E-state index in [1.807, 2.05) is 0 Å². The molecule has 1 unspecified atom stereocenters. The second kappa shape index (κ2) is 3.81. The molecule has 64 valence electrons. The van der Waals surface area contributed by atoms with Gasteiger partial charge in [0.1, 0.15) is 12.1 Å². The van der Waals surface area contributed by atoms with Gasteiger partial charge in [-0.3, -0.25) is 0 Å². The average Bonchev–Trinajstić information content (AvgIpc) is 2.08. The monoisotopic (exact) mass is 230 g/mol. The van der Waals surface area contributed by atoms with Gasteiger partial charge in [-0.25, -0.2) is 4.39 Å². The average molecular weight is 231 g/mol. The molecule has 0 saturated heterocycles. The Balaban J connectivity index is 3.12. The maximum atomic E-state index is 12.7. The highest BCUT2D eigenvalue weighted by atomic mass is 79.9. The molecule has 0 bridgehead atoms. The Hall–Kier alpha value is -0.700. The summed E-state index contributed by atoms with van der Waals surface area (Å²) in [5.41, 5.74) is 0.685. The molecule has 1 aromatic carbocycles. The molecular formula is C9H8BrFO. The van der Waals surface area contributed by atoms with E-state index in [1.165, 1.54) is 12.1 Å². The second-order valence-electron chi connectivity index (χ2n) is 2.59. The lowest BCUT2D eigenvalue weighted by atomic mass is 10.0. The molecule has 1 aromatic rings. The molecule has 0 aliphatic rings.